The van der Waals surface area contributed by atoms with Gasteiger partial charge in [0.15, 0.2) is 0 Å². The minimum Gasteiger partial charge on any atom is -0.444 e. The van der Waals surface area contributed by atoms with Gasteiger partial charge >= 0.3 is 6.09 Å². The summed E-state index contributed by atoms with van der Waals surface area (Å²) in [6, 6.07) is 30.0. The van der Waals surface area contributed by atoms with Crippen LogP contribution < -0.4 is 3.71 Å². The van der Waals surface area contributed by atoms with Crippen LogP contribution in [0.25, 0.3) is 10.9 Å². The SMILES string of the molecule is O=C(OCc1ccccc1)n1cc(N(S(=O)(=O)c2ccccc2)S(=O)(=O)c2ccccc2)c2ccccc21. The molecule has 5 rings (SSSR count). The van der Waals surface area contributed by atoms with E-state index in [2.05, 4.69) is 0 Å². The first kappa shape index (κ1) is 25.2. The number of benzene rings is 4. The molecule has 0 N–H and O–H groups in total. The van der Waals surface area contributed by atoms with E-state index in [0.29, 0.717) is 3.71 Å². The number of fused-ring (bicyclic) bond motifs is 1. The summed E-state index contributed by atoms with van der Waals surface area (Å²) in [6.45, 7) is -0.0180. The second kappa shape index (κ2) is 10.2. The van der Waals surface area contributed by atoms with Crippen molar-refractivity contribution in [1.82, 2.24) is 4.57 Å². The summed E-state index contributed by atoms with van der Waals surface area (Å²) in [6.07, 6.45) is 0.393. The molecular weight excluding hydrogens is 524 g/mol. The number of carbonyl (C=O) groups excluding carboxylic acids is 1. The number of aromatic nitrogens is 1. The summed E-state index contributed by atoms with van der Waals surface area (Å²) < 4.78 is 62.6. The monoisotopic (exact) mass is 546 g/mol. The predicted molar refractivity (Wildman–Crippen MR) is 144 cm³/mol. The standard InChI is InChI=1S/C28H22N2O6S2/c31-28(36-21-22-12-4-1-5-13-22)29-20-27(25-18-10-11-19-26(25)29)30(37(32,33)23-14-6-2-7-15-23)38(34,35)24-16-8-3-9-17-24/h1-20H,21H2. The molecule has 5 aromatic rings. The van der Waals surface area contributed by atoms with Gasteiger partial charge in [-0.1, -0.05) is 84.9 Å². The van der Waals surface area contributed by atoms with E-state index in [1.165, 1.54) is 54.7 Å². The molecule has 0 fully saturated rings. The maximum Gasteiger partial charge on any atom is 0.418 e. The summed E-state index contributed by atoms with van der Waals surface area (Å²) in [5, 5.41) is 0.239. The summed E-state index contributed by atoms with van der Waals surface area (Å²) in [4.78, 5) is 12.7. The lowest BCUT2D eigenvalue weighted by Gasteiger charge is -2.23. The van der Waals surface area contributed by atoms with E-state index in [1.807, 2.05) is 18.2 Å². The quantitative estimate of drug-likeness (QED) is 0.270. The van der Waals surface area contributed by atoms with Crippen LogP contribution in [-0.2, 0) is 31.4 Å². The van der Waals surface area contributed by atoms with Crippen molar-refractivity contribution < 1.29 is 26.4 Å². The highest BCUT2D eigenvalue weighted by molar-refractivity contribution is 8.10. The topological polar surface area (TPSA) is 103 Å². The molecule has 0 amide bonds. The Balaban J connectivity index is 1.68. The van der Waals surface area contributed by atoms with Crippen molar-refractivity contribution in [2.24, 2.45) is 0 Å². The third-order valence-electron chi connectivity index (χ3n) is 5.81. The van der Waals surface area contributed by atoms with E-state index in [1.54, 1.807) is 48.5 Å². The zero-order valence-electron chi connectivity index (χ0n) is 19.9. The van der Waals surface area contributed by atoms with Crippen LogP contribution in [0.4, 0.5) is 10.5 Å². The van der Waals surface area contributed by atoms with Gasteiger partial charge in [0, 0.05) is 11.6 Å². The van der Waals surface area contributed by atoms with Crippen molar-refractivity contribution in [2.45, 2.75) is 16.4 Å². The normalized spacial score (nSPS) is 11.8. The second-order valence-electron chi connectivity index (χ2n) is 8.28. The molecule has 0 unspecified atom stereocenters. The van der Waals surface area contributed by atoms with Crippen molar-refractivity contribution >= 4 is 42.7 Å². The Bertz CT molecular complexity index is 1730. The van der Waals surface area contributed by atoms with Gasteiger partial charge in [0.1, 0.15) is 6.61 Å². The van der Waals surface area contributed by atoms with Gasteiger partial charge < -0.3 is 4.74 Å². The Morgan fingerprint density at radius 1 is 0.658 bits per heavy atom. The number of rotatable bonds is 7. The molecule has 0 saturated carbocycles. The average Bonchev–Trinajstić information content (AvgIpc) is 3.32. The molecule has 0 saturated heterocycles. The van der Waals surface area contributed by atoms with Crippen molar-refractivity contribution in [3.05, 3.63) is 127 Å². The Morgan fingerprint density at radius 3 is 1.68 bits per heavy atom. The third-order valence-corrected chi connectivity index (χ3v) is 9.99. The zero-order chi connectivity index (χ0) is 26.8. The first-order valence-corrected chi connectivity index (χ1v) is 14.4. The highest BCUT2D eigenvalue weighted by Crippen LogP contribution is 2.37. The van der Waals surface area contributed by atoms with Crippen molar-refractivity contribution in [2.75, 3.05) is 3.71 Å². The van der Waals surface area contributed by atoms with Gasteiger partial charge in [-0.25, -0.2) is 21.6 Å². The number of hydrogen-bond donors (Lipinski definition) is 0. The van der Waals surface area contributed by atoms with Crippen LogP contribution >= 0.6 is 0 Å². The van der Waals surface area contributed by atoms with E-state index in [-0.39, 0.29) is 33.0 Å². The molecule has 4 aromatic carbocycles. The number of anilines is 1. The van der Waals surface area contributed by atoms with Crippen LogP contribution in [0.2, 0.25) is 0 Å². The highest BCUT2D eigenvalue weighted by atomic mass is 32.3. The van der Waals surface area contributed by atoms with Gasteiger partial charge in [0.2, 0.25) is 0 Å². The van der Waals surface area contributed by atoms with E-state index in [0.717, 1.165) is 10.1 Å². The number of sulfonamides is 2. The van der Waals surface area contributed by atoms with Crippen LogP contribution in [0.15, 0.2) is 131 Å². The summed E-state index contributed by atoms with van der Waals surface area (Å²) >= 11 is 0. The Morgan fingerprint density at radius 2 is 1.13 bits per heavy atom. The number of hydrogen-bond acceptors (Lipinski definition) is 6. The fraction of sp³-hybridized carbons (Fsp3) is 0.0357. The zero-order valence-corrected chi connectivity index (χ0v) is 21.5. The molecule has 0 radical (unpaired) electrons. The minimum absolute atomic E-state index is 0.0180. The fourth-order valence-electron chi connectivity index (χ4n) is 4.01. The van der Waals surface area contributed by atoms with Crippen LogP contribution in [0, 0.1) is 0 Å². The van der Waals surface area contributed by atoms with Crippen LogP contribution in [-0.4, -0.2) is 27.5 Å². The van der Waals surface area contributed by atoms with Crippen molar-refractivity contribution in [3.8, 4) is 0 Å². The molecule has 8 nitrogen and oxygen atoms in total. The lowest BCUT2D eigenvalue weighted by atomic mass is 10.2. The molecule has 0 aliphatic rings. The Kier molecular flexibility index (Phi) is 6.75. The molecule has 10 heteroatoms. The maximum atomic E-state index is 13.9. The third kappa shape index (κ3) is 4.67. The lowest BCUT2D eigenvalue weighted by molar-refractivity contribution is 0.142. The summed E-state index contributed by atoms with van der Waals surface area (Å²) in [5.74, 6) is 0. The Hall–Kier alpha value is -4.41. The van der Waals surface area contributed by atoms with Gasteiger partial charge in [-0.15, -0.1) is 0 Å². The summed E-state index contributed by atoms with van der Waals surface area (Å²) in [5.41, 5.74) is 0.847. The van der Waals surface area contributed by atoms with Crippen LogP contribution in [0.1, 0.15) is 5.56 Å². The second-order valence-corrected chi connectivity index (χ2v) is 12.1. The first-order valence-electron chi connectivity index (χ1n) is 11.5. The number of nitrogens with zero attached hydrogens (tertiary/aromatic N) is 2. The van der Waals surface area contributed by atoms with Crippen molar-refractivity contribution in [1.29, 1.82) is 0 Å². The van der Waals surface area contributed by atoms with E-state index < -0.39 is 26.1 Å². The Labute approximate surface area is 220 Å². The maximum absolute atomic E-state index is 13.9. The minimum atomic E-state index is -4.64. The summed E-state index contributed by atoms with van der Waals surface area (Å²) in [7, 11) is -9.28. The molecule has 0 aliphatic carbocycles. The molecule has 192 valence electrons. The molecule has 0 spiro atoms. The molecule has 0 aliphatic heterocycles. The van der Waals surface area contributed by atoms with E-state index >= 15 is 0 Å². The average molecular weight is 547 g/mol. The molecule has 0 bridgehead atoms. The van der Waals surface area contributed by atoms with Gasteiger partial charge in [-0.2, -0.15) is 3.71 Å². The van der Waals surface area contributed by atoms with Crippen molar-refractivity contribution in [3.63, 3.8) is 0 Å². The number of carbonyl (C=O) groups is 1. The van der Waals surface area contributed by atoms with Crippen LogP contribution in [0.5, 0.6) is 0 Å². The van der Waals surface area contributed by atoms with Crippen LogP contribution in [0.3, 0.4) is 0 Å². The lowest BCUT2D eigenvalue weighted by Crippen LogP contribution is -2.37. The smallest absolute Gasteiger partial charge is 0.418 e. The van der Waals surface area contributed by atoms with Gasteiger partial charge in [-0.3, -0.25) is 4.57 Å². The molecule has 1 heterocycles. The fourth-order valence-corrected chi connectivity index (χ4v) is 7.76. The number of para-hydroxylation sites is 1. The van der Waals surface area contributed by atoms with E-state index in [9.17, 15) is 21.6 Å². The largest absolute Gasteiger partial charge is 0.444 e. The highest BCUT2D eigenvalue weighted by Gasteiger charge is 2.39. The van der Waals surface area contributed by atoms with Gasteiger partial charge in [0.25, 0.3) is 20.0 Å². The van der Waals surface area contributed by atoms with Gasteiger partial charge in [-0.05, 0) is 35.9 Å². The molecule has 1 aromatic heterocycles. The molecule has 38 heavy (non-hydrogen) atoms. The number of ether oxygens (including phenoxy) is 1. The first-order chi connectivity index (χ1) is 18.3. The molecular formula is C28H22N2O6S2. The predicted octanol–water partition coefficient (Wildman–Crippen LogP) is 5.41. The van der Waals surface area contributed by atoms with Gasteiger partial charge in [0.05, 0.1) is 21.0 Å². The van der Waals surface area contributed by atoms with E-state index in [4.69, 9.17) is 4.74 Å². The molecule has 0 atom stereocenters.